The van der Waals surface area contributed by atoms with Gasteiger partial charge in [0.1, 0.15) is 0 Å². The van der Waals surface area contributed by atoms with Gasteiger partial charge in [0.05, 0.1) is 12.0 Å². The number of methoxy groups -OCH3 is 1. The Morgan fingerprint density at radius 2 is 2.13 bits per heavy atom. The molecule has 2 fully saturated rings. The zero-order chi connectivity index (χ0) is 10.8. The molecule has 0 spiro atoms. The van der Waals surface area contributed by atoms with Gasteiger partial charge in [0.2, 0.25) is 5.91 Å². The average Bonchev–Trinajstić information content (AvgIpc) is 2.56. The number of carbonyl (C=O) groups excluding carboxylic acids is 1. The summed E-state index contributed by atoms with van der Waals surface area (Å²) in [7, 11) is 1.73. The van der Waals surface area contributed by atoms with Crippen molar-refractivity contribution in [2.75, 3.05) is 20.2 Å². The Hall–Kier alpha value is -0.610. The van der Waals surface area contributed by atoms with Gasteiger partial charge in [-0.25, -0.2) is 0 Å². The van der Waals surface area contributed by atoms with Crippen LogP contribution in [0, 0.1) is 11.8 Å². The molecule has 0 aromatic heterocycles. The number of hydrogen-bond acceptors (Lipinski definition) is 3. The summed E-state index contributed by atoms with van der Waals surface area (Å²) < 4.78 is 5.18. The lowest BCUT2D eigenvalue weighted by atomic mass is 9.88. The first-order valence-electron chi connectivity index (χ1n) is 5.74. The molecule has 0 aromatic rings. The van der Waals surface area contributed by atoms with Gasteiger partial charge in [-0.3, -0.25) is 4.79 Å². The summed E-state index contributed by atoms with van der Waals surface area (Å²) in [6, 6.07) is 0.343. The Morgan fingerprint density at radius 1 is 1.40 bits per heavy atom. The van der Waals surface area contributed by atoms with E-state index >= 15 is 0 Å². The molecule has 0 aromatic carbocycles. The minimum Gasteiger partial charge on any atom is -0.381 e. The maximum Gasteiger partial charge on any atom is 0.224 e. The highest BCUT2D eigenvalue weighted by molar-refractivity contribution is 5.80. The molecule has 0 bridgehead atoms. The summed E-state index contributed by atoms with van der Waals surface area (Å²) in [5, 5.41) is 6.34. The Bertz CT molecular complexity index is 239. The van der Waals surface area contributed by atoms with Gasteiger partial charge in [0.25, 0.3) is 0 Å². The van der Waals surface area contributed by atoms with Gasteiger partial charge < -0.3 is 15.4 Å². The number of ether oxygens (including phenoxy) is 1. The number of carbonyl (C=O) groups is 1. The van der Waals surface area contributed by atoms with E-state index in [2.05, 4.69) is 17.6 Å². The molecule has 0 unspecified atom stereocenters. The fourth-order valence-electron chi connectivity index (χ4n) is 2.35. The van der Waals surface area contributed by atoms with Gasteiger partial charge in [-0.1, -0.05) is 6.92 Å². The summed E-state index contributed by atoms with van der Waals surface area (Å²) in [6.07, 6.45) is 2.29. The SMILES string of the molecule is COC1CC(NC(=O)[C@@H]2CNC[C@H]2C)C1. The third-order valence-corrected chi connectivity index (χ3v) is 3.63. The second kappa shape index (κ2) is 4.49. The highest BCUT2D eigenvalue weighted by atomic mass is 16.5. The molecule has 2 rings (SSSR count). The van der Waals surface area contributed by atoms with E-state index in [4.69, 9.17) is 4.74 Å². The van der Waals surface area contributed by atoms with E-state index in [1.807, 2.05) is 0 Å². The maximum absolute atomic E-state index is 11.9. The van der Waals surface area contributed by atoms with Gasteiger partial charge in [-0.2, -0.15) is 0 Å². The molecule has 2 N–H and O–H groups in total. The molecular weight excluding hydrogens is 192 g/mol. The summed E-state index contributed by atoms with van der Waals surface area (Å²) in [4.78, 5) is 11.9. The van der Waals surface area contributed by atoms with Gasteiger partial charge in [0.15, 0.2) is 0 Å². The number of amides is 1. The summed E-state index contributed by atoms with van der Waals surface area (Å²) >= 11 is 0. The quantitative estimate of drug-likeness (QED) is 0.699. The fraction of sp³-hybridized carbons (Fsp3) is 0.909. The first-order chi connectivity index (χ1) is 7.20. The molecule has 86 valence electrons. The largest absolute Gasteiger partial charge is 0.381 e. The molecular formula is C11H20N2O2. The highest BCUT2D eigenvalue weighted by Gasteiger charge is 2.34. The third-order valence-electron chi connectivity index (χ3n) is 3.63. The van der Waals surface area contributed by atoms with Crippen molar-refractivity contribution in [3.8, 4) is 0 Å². The predicted octanol–water partition coefficient (Wildman–Crippen LogP) is 0.135. The fourth-order valence-corrected chi connectivity index (χ4v) is 2.35. The van der Waals surface area contributed by atoms with Crippen LogP contribution in [0.4, 0.5) is 0 Å². The van der Waals surface area contributed by atoms with Crippen LogP contribution in [0.15, 0.2) is 0 Å². The van der Waals surface area contributed by atoms with Crippen LogP contribution in [0.2, 0.25) is 0 Å². The van der Waals surface area contributed by atoms with Crippen molar-refractivity contribution < 1.29 is 9.53 Å². The Balaban J connectivity index is 1.73. The Kier molecular flexibility index (Phi) is 3.26. The lowest BCUT2D eigenvalue weighted by Crippen LogP contribution is -2.50. The van der Waals surface area contributed by atoms with Gasteiger partial charge in [0, 0.05) is 19.7 Å². The zero-order valence-electron chi connectivity index (χ0n) is 9.45. The second-order valence-electron chi connectivity index (χ2n) is 4.78. The van der Waals surface area contributed by atoms with Crippen LogP contribution in [-0.4, -0.2) is 38.3 Å². The second-order valence-corrected chi connectivity index (χ2v) is 4.78. The van der Waals surface area contributed by atoms with Gasteiger partial charge in [-0.05, 0) is 25.3 Å². The van der Waals surface area contributed by atoms with Crippen molar-refractivity contribution in [2.45, 2.75) is 31.9 Å². The van der Waals surface area contributed by atoms with Gasteiger partial charge in [-0.15, -0.1) is 0 Å². The maximum atomic E-state index is 11.9. The minimum atomic E-state index is 0.159. The lowest BCUT2D eigenvalue weighted by Gasteiger charge is -2.35. The Labute approximate surface area is 90.8 Å². The minimum absolute atomic E-state index is 0.159. The van der Waals surface area contributed by atoms with Crippen molar-refractivity contribution in [2.24, 2.45) is 11.8 Å². The number of rotatable bonds is 3. The lowest BCUT2D eigenvalue weighted by molar-refractivity contribution is -0.127. The molecule has 2 atom stereocenters. The van der Waals surface area contributed by atoms with E-state index in [9.17, 15) is 4.79 Å². The summed E-state index contributed by atoms with van der Waals surface area (Å²) in [5.41, 5.74) is 0. The zero-order valence-corrected chi connectivity index (χ0v) is 9.45. The predicted molar refractivity (Wildman–Crippen MR) is 57.5 cm³/mol. The molecule has 1 heterocycles. The van der Waals surface area contributed by atoms with Gasteiger partial charge >= 0.3 is 0 Å². The van der Waals surface area contributed by atoms with E-state index in [0.29, 0.717) is 18.1 Å². The van der Waals surface area contributed by atoms with Crippen molar-refractivity contribution in [3.63, 3.8) is 0 Å². The molecule has 1 aliphatic heterocycles. The standard InChI is InChI=1S/C11H20N2O2/c1-7-5-12-6-10(7)11(14)13-8-3-9(4-8)15-2/h7-10,12H,3-6H2,1-2H3,(H,13,14)/t7-,8?,9?,10-/m1/s1. The van der Waals surface area contributed by atoms with Crippen LogP contribution in [0.25, 0.3) is 0 Å². The van der Waals surface area contributed by atoms with Crippen LogP contribution < -0.4 is 10.6 Å². The number of hydrogen-bond donors (Lipinski definition) is 2. The van der Waals surface area contributed by atoms with Crippen molar-refractivity contribution in [3.05, 3.63) is 0 Å². The highest BCUT2D eigenvalue weighted by Crippen LogP contribution is 2.24. The topological polar surface area (TPSA) is 50.4 Å². The first-order valence-corrected chi connectivity index (χ1v) is 5.74. The van der Waals surface area contributed by atoms with E-state index in [1.165, 1.54) is 0 Å². The monoisotopic (exact) mass is 212 g/mol. The molecule has 1 saturated carbocycles. The third kappa shape index (κ3) is 2.32. The van der Waals surface area contributed by atoms with Crippen LogP contribution >= 0.6 is 0 Å². The summed E-state index contributed by atoms with van der Waals surface area (Å²) in [5.74, 6) is 0.835. The van der Waals surface area contributed by atoms with E-state index < -0.39 is 0 Å². The number of nitrogens with one attached hydrogen (secondary N) is 2. The molecule has 1 amide bonds. The smallest absolute Gasteiger partial charge is 0.224 e. The molecule has 1 aliphatic carbocycles. The molecule has 15 heavy (non-hydrogen) atoms. The van der Waals surface area contributed by atoms with E-state index in [1.54, 1.807) is 7.11 Å². The van der Waals surface area contributed by atoms with Crippen molar-refractivity contribution in [1.82, 2.24) is 10.6 Å². The van der Waals surface area contributed by atoms with Crippen molar-refractivity contribution >= 4 is 5.91 Å². The molecule has 2 aliphatic rings. The van der Waals surface area contributed by atoms with Crippen LogP contribution in [-0.2, 0) is 9.53 Å². The average molecular weight is 212 g/mol. The normalized spacial score (nSPS) is 39.9. The molecule has 4 heteroatoms. The van der Waals surface area contributed by atoms with Crippen molar-refractivity contribution in [1.29, 1.82) is 0 Å². The molecule has 4 nitrogen and oxygen atoms in total. The molecule has 1 saturated heterocycles. The summed E-state index contributed by atoms with van der Waals surface area (Å²) in [6.45, 7) is 3.92. The molecule has 0 radical (unpaired) electrons. The Morgan fingerprint density at radius 3 is 2.67 bits per heavy atom. The van der Waals surface area contributed by atoms with E-state index in [0.717, 1.165) is 25.9 Å². The van der Waals surface area contributed by atoms with Crippen LogP contribution in [0.1, 0.15) is 19.8 Å². The first kappa shape index (κ1) is 10.9. The van der Waals surface area contributed by atoms with Crippen LogP contribution in [0.5, 0.6) is 0 Å². The van der Waals surface area contributed by atoms with Crippen LogP contribution in [0.3, 0.4) is 0 Å². The van der Waals surface area contributed by atoms with E-state index in [-0.39, 0.29) is 11.8 Å².